The van der Waals surface area contributed by atoms with Crippen LogP contribution in [0.5, 0.6) is 0 Å². The lowest BCUT2D eigenvalue weighted by Gasteiger charge is -2.06. The summed E-state index contributed by atoms with van der Waals surface area (Å²) in [5.41, 5.74) is 5.52. The molecule has 0 spiro atoms. The number of rotatable bonds is 3. The van der Waals surface area contributed by atoms with Gasteiger partial charge in [0, 0.05) is 22.5 Å². The van der Waals surface area contributed by atoms with E-state index in [1.54, 1.807) is 18.2 Å². The van der Waals surface area contributed by atoms with Gasteiger partial charge in [0.1, 0.15) is 16.9 Å². The molecule has 0 aliphatic heterocycles. The molecular formula is C18H16N6O. The molecule has 1 amide bonds. The number of nitrogens with zero attached hydrogens (tertiary/aromatic N) is 3. The Bertz CT molecular complexity index is 1060. The Kier molecular flexibility index (Phi) is 3.53. The van der Waals surface area contributed by atoms with E-state index in [2.05, 4.69) is 30.7 Å². The zero-order chi connectivity index (χ0) is 17.4. The summed E-state index contributed by atoms with van der Waals surface area (Å²) in [6.45, 7) is 3.94. The van der Waals surface area contributed by atoms with Crippen LogP contribution in [-0.4, -0.2) is 31.3 Å². The fraction of sp³-hybridized carbons (Fsp3) is 0.111. The Labute approximate surface area is 143 Å². The highest BCUT2D eigenvalue weighted by molar-refractivity contribution is 6.06. The summed E-state index contributed by atoms with van der Waals surface area (Å²) in [6, 6.07) is 12.8. The number of carbonyl (C=O) groups excluding carboxylic acids is 1. The maximum atomic E-state index is 12.5. The van der Waals surface area contributed by atoms with Crippen LogP contribution in [-0.2, 0) is 0 Å². The van der Waals surface area contributed by atoms with Crippen molar-refractivity contribution in [1.82, 2.24) is 25.4 Å². The van der Waals surface area contributed by atoms with E-state index in [1.807, 2.05) is 38.1 Å². The number of aromatic amines is 2. The van der Waals surface area contributed by atoms with Crippen molar-refractivity contribution in [2.75, 3.05) is 5.32 Å². The van der Waals surface area contributed by atoms with Crippen LogP contribution >= 0.6 is 0 Å². The van der Waals surface area contributed by atoms with Crippen molar-refractivity contribution in [2.24, 2.45) is 0 Å². The van der Waals surface area contributed by atoms with Crippen molar-refractivity contribution in [3.8, 4) is 11.4 Å². The summed E-state index contributed by atoms with van der Waals surface area (Å²) in [7, 11) is 0. The zero-order valence-corrected chi connectivity index (χ0v) is 13.8. The van der Waals surface area contributed by atoms with E-state index in [4.69, 9.17) is 0 Å². The Balaban J connectivity index is 1.59. The molecule has 0 radical (unpaired) electrons. The van der Waals surface area contributed by atoms with Crippen LogP contribution in [0.3, 0.4) is 0 Å². The van der Waals surface area contributed by atoms with E-state index < -0.39 is 0 Å². The molecule has 2 heterocycles. The van der Waals surface area contributed by atoms with Crippen LogP contribution in [0.25, 0.3) is 22.4 Å². The average molecular weight is 332 g/mol. The SMILES string of the molecule is Cc1nc(-c2cccc(NC(=O)c3ccc4n[nH]nc4c3)c2)[nH]c1C. The van der Waals surface area contributed by atoms with E-state index in [9.17, 15) is 4.79 Å². The number of fused-ring (bicyclic) bond motifs is 1. The summed E-state index contributed by atoms with van der Waals surface area (Å²) < 4.78 is 0. The van der Waals surface area contributed by atoms with Gasteiger partial charge in [-0.15, -0.1) is 0 Å². The maximum Gasteiger partial charge on any atom is 0.255 e. The molecule has 0 atom stereocenters. The molecule has 0 unspecified atom stereocenters. The molecule has 124 valence electrons. The number of nitrogens with one attached hydrogen (secondary N) is 3. The summed E-state index contributed by atoms with van der Waals surface area (Å²) in [5, 5.41) is 13.4. The minimum atomic E-state index is -0.200. The molecule has 2 aromatic carbocycles. The number of imidazole rings is 1. The normalized spacial score (nSPS) is 11.0. The van der Waals surface area contributed by atoms with Crippen molar-refractivity contribution in [1.29, 1.82) is 0 Å². The number of anilines is 1. The Morgan fingerprint density at radius 1 is 1.04 bits per heavy atom. The summed E-state index contributed by atoms with van der Waals surface area (Å²) in [6.07, 6.45) is 0. The van der Waals surface area contributed by atoms with Gasteiger partial charge >= 0.3 is 0 Å². The molecule has 2 aromatic heterocycles. The Morgan fingerprint density at radius 2 is 1.88 bits per heavy atom. The van der Waals surface area contributed by atoms with E-state index >= 15 is 0 Å². The first-order valence-electron chi connectivity index (χ1n) is 7.86. The molecule has 0 bridgehead atoms. The number of aromatic nitrogens is 5. The van der Waals surface area contributed by atoms with Crippen LogP contribution in [0, 0.1) is 13.8 Å². The van der Waals surface area contributed by atoms with E-state index in [0.717, 1.165) is 28.3 Å². The van der Waals surface area contributed by atoms with Gasteiger partial charge in [-0.25, -0.2) is 4.98 Å². The van der Waals surface area contributed by atoms with Gasteiger partial charge in [-0.3, -0.25) is 4.79 Å². The largest absolute Gasteiger partial charge is 0.342 e. The summed E-state index contributed by atoms with van der Waals surface area (Å²) >= 11 is 0. The fourth-order valence-electron chi connectivity index (χ4n) is 2.61. The topological polar surface area (TPSA) is 99.3 Å². The third-order valence-corrected chi connectivity index (χ3v) is 4.10. The van der Waals surface area contributed by atoms with Crippen LogP contribution in [0.15, 0.2) is 42.5 Å². The smallest absolute Gasteiger partial charge is 0.255 e. The second-order valence-electron chi connectivity index (χ2n) is 5.86. The number of carbonyl (C=O) groups is 1. The van der Waals surface area contributed by atoms with Gasteiger partial charge in [0.15, 0.2) is 0 Å². The van der Waals surface area contributed by atoms with Gasteiger partial charge in [0.05, 0.1) is 5.69 Å². The van der Waals surface area contributed by atoms with E-state index in [-0.39, 0.29) is 5.91 Å². The van der Waals surface area contributed by atoms with Crippen LogP contribution in [0.2, 0.25) is 0 Å². The first kappa shape index (κ1) is 15.1. The van der Waals surface area contributed by atoms with Crippen molar-refractivity contribution >= 4 is 22.6 Å². The van der Waals surface area contributed by atoms with Gasteiger partial charge in [-0.05, 0) is 44.2 Å². The van der Waals surface area contributed by atoms with Gasteiger partial charge in [-0.1, -0.05) is 12.1 Å². The third-order valence-electron chi connectivity index (χ3n) is 4.10. The fourth-order valence-corrected chi connectivity index (χ4v) is 2.61. The average Bonchev–Trinajstić information content (AvgIpc) is 3.21. The van der Waals surface area contributed by atoms with Crippen molar-refractivity contribution in [3.05, 3.63) is 59.4 Å². The summed E-state index contributed by atoms with van der Waals surface area (Å²) in [5.74, 6) is 0.587. The first-order valence-corrected chi connectivity index (χ1v) is 7.86. The number of H-pyrrole nitrogens is 2. The van der Waals surface area contributed by atoms with Gasteiger partial charge in [0.2, 0.25) is 0 Å². The Hall–Kier alpha value is -3.48. The number of hydrogen-bond acceptors (Lipinski definition) is 4. The second kappa shape index (κ2) is 5.86. The molecular weight excluding hydrogens is 316 g/mol. The van der Waals surface area contributed by atoms with Gasteiger partial charge in [0.25, 0.3) is 5.91 Å². The van der Waals surface area contributed by atoms with Crippen LogP contribution in [0.4, 0.5) is 5.69 Å². The van der Waals surface area contributed by atoms with Crippen molar-refractivity contribution < 1.29 is 4.79 Å². The highest BCUT2D eigenvalue weighted by Gasteiger charge is 2.10. The highest BCUT2D eigenvalue weighted by atomic mass is 16.1. The van der Waals surface area contributed by atoms with E-state index in [0.29, 0.717) is 16.8 Å². The molecule has 4 aromatic rings. The molecule has 3 N–H and O–H groups in total. The standard InChI is InChI=1S/C18H16N6O/c1-10-11(2)20-17(19-10)12-4-3-5-14(8-12)21-18(25)13-6-7-15-16(9-13)23-24-22-15/h3-9H,1-2H3,(H,19,20)(H,21,25)(H,22,23,24). The molecule has 0 saturated heterocycles. The number of aryl methyl sites for hydroxylation is 2. The quantitative estimate of drug-likeness (QED) is 0.536. The monoisotopic (exact) mass is 332 g/mol. The molecule has 7 heteroatoms. The summed E-state index contributed by atoms with van der Waals surface area (Å²) in [4.78, 5) is 20.2. The predicted molar refractivity (Wildman–Crippen MR) is 95.3 cm³/mol. The molecule has 0 aliphatic carbocycles. The molecule has 7 nitrogen and oxygen atoms in total. The zero-order valence-electron chi connectivity index (χ0n) is 13.8. The molecule has 0 aliphatic rings. The lowest BCUT2D eigenvalue weighted by Crippen LogP contribution is -2.11. The molecule has 4 rings (SSSR count). The maximum absolute atomic E-state index is 12.5. The van der Waals surface area contributed by atoms with E-state index in [1.165, 1.54) is 0 Å². The van der Waals surface area contributed by atoms with Crippen molar-refractivity contribution in [3.63, 3.8) is 0 Å². The lowest BCUT2D eigenvalue weighted by atomic mass is 10.1. The van der Waals surface area contributed by atoms with Crippen molar-refractivity contribution in [2.45, 2.75) is 13.8 Å². The first-order chi connectivity index (χ1) is 12.1. The van der Waals surface area contributed by atoms with Gasteiger partial charge in [-0.2, -0.15) is 15.4 Å². The second-order valence-corrected chi connectivity index (χ2v) is 5.86. The van der Waals surface area contributed by atoms with Gasteiger partial charge < -0.3 is 10.3 Å². The highest BCUT2D eigenvalue weighted by Crippen LogP contribution is 2.22. The molecule has 0 fully saturated rings. The minimum Gasteiger partial charge on any atom is -0.342 e. The van der Waals surface area contributed by atoms with Crippen LogP contribution in [0.1, 0.15) is 21.7 Å². The lowest BCUT2D eigenvalue weighted by molar-refractivity contribution is 0.102. The minimum absolute atomic E-state index is 0.200. The Morgan fingerprint density at radius 3 is 2.68 bits per heavy atom. The molecule has 25 heavy (non-hydrogen) atoms. The number of benzene rings is 2. The van der Waals surface area contributed by atoms with Crippen LogP contribution < -0.4 is 5.32 Å². The number of amides is 1. The molecule has 0 saturated carbocycles. The third kappa shape index (κ3) is 2.87. The number of hydrogen-bond donors (Lipinski definition) is 3. The predicted octanol–water partition coefficient (Wildman–Crippen LogP) is 3.22.